The van der Waals surface area contributed by atoms with E-state index in [0.29, 0.717) is 19.2 Å². The summed E-state index contributed by atoms with van der Waals surface area (Å²) in [5.41, 5.74) is 9.28. The molecule has 2 N–H and O–H groups in total. The van der Waals surface area contributed by atoms with E-state index in [9.17, 15) is 0 Å². The Hall–Kier alpha value is -2.33. The Kier molecular flexibility index (Phi) is 4.11. The lowest BCUT2D eigenvalue weighted by Crippen LogP contribution is -2.08. The van der Waals surface area contributed by atoms with Crippen molar-refractivity contribution < 1.29 is 4.74 Å². The Balaban J connectivity index is 1.96. The smallest absolute Gasteiger partial charge is 0.138 e. The fourth-order valence-electron chi connectivity index (χ4n) is 2.76. The van der Waals surface area contributed by atoms with E-state index in [1.165, 1.54) is 10.9 Å². The lowest BCUT2D eigenvalue weighted by atomic mass is 10.1. The minimum atomic E-state index is 0.359. The topological polar surface area (TPSA) is 53.1 Å². The van der Waals surface area contributed by atoms with E-state index < -0.39 is 0 Å². The van der Waals surface area contributed by atoms with Crippen LogP contribution in [0, 0.1) is 0 Å². The summed E-state index contributed by atoms with van der Waals surface area (Å²) in [6.07, 6.45) is 3.47. The first-order chi connectivity index (χ1) is 10.7. The molecule has 0 radical (unpaired) electrons. The molecule has 2 heterocycles. The van der Waals surface area contributed by atoms with Gasteiger partial charge in [-0.2, -0.15) is 0 Å². The van der Waals surface area contributed by atoms with Gasteiger partial charge in [0, 0.05) is 29.7 Å². The van der Waals surface area contributed by atoms with E-state index in [4.69, 9.17) is 10.5 Å². The summed E-state index contributed by atoms with van der Waals surface area (Å²) >= 11 is 0. The van der Waals surface area contributed by atoms with E-state index in [1.807, 2.05) is 12.1 Å². The number of benzene rings is 1. The van der Waals surface area contributed by atoms with Crippen LogP contribution in [0.3, 0.4) is 0 Å². The predicted molar refractivity (Wildman–Crippen MR) is 88.8 cm³/mol. The highest BCUT2D eigenvalue weighted by Gasteiger charge is 2.12. The highest BCUT2D eigenvalue weighted by Crippen LogP contribution is 2.26. The first-order valence-electron chi connectivity index (χ1n) is 7.54. The van der Waals surface area contributed by atoms with Gasteiger partial charge in [-0.3, -0.25) is 4.98 Å². The van der Waals surface area contributed by atoms with Gasteiger partial charge < -0.3 is 15.0 Å². The lowest BCUT2D eigenvalue weighted by molar-refractivity contribution is 0.292. The highest BCUT2D eigenvalue weighted by atomic mass is 16.5. The van der Waals surface area contributed by atoms with E-state index >= 15 is 0 Å². The molecule has 4 heteroatoms. The molecule has 2 aromatic heterocycles. The summed E-state index contributed by atoms with van der Waals surface area (Å²) in [5.74, 6) is 0.783. The summed E-state index contributed by atoms with van der Waals surface area (Å²) < 4.78 is 8.17. The number of nitrogens with zero attached hydrogens (tertiary/aromatic N) is 2. The van der Waals surface area contributed by atoms with Crippen LogP contribution in [0.5, 0.6) is 5.75 Å². The number of hydrogen-bond acceptors (Lipinski definition) is 3. The van der Waals surface area contributed by atoms with Crippen LogP contribution in [-0.2, 0) is 13.2 Å². The molecule has 3 rings (SSSR count). The van der Waals surface area contributed by atoms with Crippen molar-refractivity contribution in [1.82, 2.24) is 9.55 Å². The lowest BCUT2D eigenvalue weighted by Gasteiger charge is -2.15. The molecule has 0 saturated heterocycles. The van der Waals surface area contributed by atoms with E-state index in [1.54, 1.807) is 12.4 Å². The number of aromatic nitrogens is 2. The van der Waals surface area contributed by atoms with Crippen LogP contribution in [0.2, 0.25) is 0 Å². The third-order valence-electron chi connectivity index (χ3n) is 3.76. The zero-order chi connectivity index (χ0) is 15.5. The van der Waals surface area contributed by atoms with Gasteiger partial charge in [-0.15, -0.1) is 0 Å². The van der Waals surface area contributed by atoms with Gasteiger partial charge in [0.25, 0.3) is 0 Å². The summed E-state index contributed by atoms with van der Waals surface area (Å²) in [7, 11) is 0. The molecule has 0 aliphatic heterocycles. The zero-order valence-corrected chi connectivity index (χ0v) is 13.0. The molecule has 0 unspecified atom stereocenters. The second kappa shape index (κ2) is 6.20. The minimum Gasteiger partial charge on any atom is -0.486 e. The Morgan fingerprint density at radius 3 is 2.77 bits per heavy atom. The van der Waals surface area contributed by atoms with Crippen LogP contribution in [0.25, 0.3) is 10.9 Å². The monoisotopic (exact) mass is 295 g/mol. The summed E-state index contributed by atoms with van der Waals surface area (Å²) in [6.45, 7) is 5.45. The van der Waals surface area contributed by atoms with Gasteiger partial charge in [-0.25, -0.2) is 0 Å². The van der Waals surface area contributed by atoms with Crippen molar-refractivity contribution in [2.24, 2.45) is 5.73 Å². The fraction of sp³-hybridized carbons (Fsp3) is 0.278. The number of fused-ring (bicyclic) bond motifs is 1. The van der Waals surface area contributed by atoms with Crippen molar-refractivity contribution >= 4 is 10.9 Å². The number of ether oxygens (including phenoxy) is 1. The molecule has 1 aromatic carbocycles. The molecule has 0 spiro atoms. The van der Waals surface area contributed by atoms with Crippen molar-refractivity contribution in [2.75, 3.05) is 0 Å². The standard InChI is InChI=1S/C18H21N3O/c1-13(2)21-16(12-22-17-4-3-7-20-11-17)9-15-6-5-14(10-19)8-18(15)21/h3-9,11,13H,10,12,19H2,1-2H3. The van der Waals surface area contributed by atoms with Crippen molar-refractivity contribution in [3.63, 3.8) is 0 Å². The molecule has 3 aromatic rings. The predicted octanol–water partition coefficient (Wildman–Crippen LogP) is 3.65. The molecule has 114 valence electrons. The average molecular weight is 295 g/mol. The van der Waals surface area contributed by atoms with Crippen molar-refractivity contribution in [3.05, 3.63) is 60.0 Å². The number of pyridine rings is 1. The average Bonchev–Trinajstić information content (AvgIpc) is 2.91. The summed E-state index contributed by atoms with van der Waals surface area (Å²) in [6, 6.07) is 12.7. The van der Waals surface area contributed by atoms with Gasteiger partial charge in [-0.1, -0.05) is 12.1 Å². The third-order valence-corrected chi connectivity index (χ3v) is 3.76. The first kappa shape index (κ1) is 14.6. The van der Waals surface area contributed by atoms with E-state index in [2.05, 4.69) is 47.7 Å². The Morgan fingerprint density at radius 1 is 1.23 bits per heavy atom. The van der Waals surface area contributed by atoms with Crippen molar-refractivity contribution in [3.8, 4) is 5.75 Å². The second-order valence-electron chi connectivity index (χ2n) is 5.67. The highest BCUT2D eigenvalue weighted by molar-refractivity contribution is 5.82. The van der Waals surface area contributed by atoms with E-state index in [0.717, 1.165) is 17.0 Å². The molecular formula is C18H21N3O. The zero-order valence-electron chi connectivity index (χ0n) is 13.0. The number of hydrogen-bond donors (Lipinski definition) is 1. The maximum absolute atomic E-state index is 5.86. The van der Waals surface area contributed by atoms with Crippen molar-refractivity contribution in [2.45, 2.75) is 33.0 Å². The Labute approximate surface area is 130 Å². The van der Waals surface area contributed by atoms with Gasteiger partial charge in [0.05, 0.1) is 11.9 Å². The van der Waals surface area contributed by atoms with Crippen LogP contribution in [0.4, 0.5) is 0 Å². The van der Waals surface area contributed by atoms with E-state index in [-0.39, 0.29) is 0 Å². The largest absolute Gasteiger partial charge is 0.486 e. The fourth-order valence-corrected chi connectivity index (χ4v) is 2.76. The maximum Gasteiger partial charge on any atom is 0.138 e. The second-order valence-corrected chi connectivity index (χ2v) is 5.67. The normalized spacial score (nSPS) is 11.3. The van der Waals surface area contributed by atoms with Crippen molar-refractivity contribution in [1.29, 1.82) is 0 Å². The first-order valence-corrected chi connectivity index (χ1v) is 7.54. The molecule has 0 aliphatic rings. The van der Waals surface area contributed by atoms with Crippen LogP contribution in [0.1, 0.15) is 31.1 Å². The molecular weight excluding hydrogens is 274 g/mol. The molecule has 0 amide bonds. The molecule has 0 fully saturated rings. The van der Waals surface area contributed by atoms with Gasteiger partial charge in [0.2, 0.25) is 0 Å². The molecule has 0 aliphatic carbocycles. The Morgan fingerprint density at radius 2 is 2.09 bits per heavy atom. The molecule has 0 bridgehead atoms. The quantitative estimate of drug-likeness (QED) is 0.781. The van der Waals surface area contributed by atoms with Gasteiger partial charge >= 0.3 is 0 Å². The summed E-state index contributed by atoms with van der Waals surface area (Å²) in [4.78, 5) is 4.07. The van der Waals surface area contributed by atoms with Gasteiger partial charge in [0.15, 0.2) is 0 Å². The third kappa shape index (κ3) is 2.83. The van der Waals surface area contributed by atoms with Crippen LogP contribution < -0.4 is 10.5 Å². The van der Waals surface area contributed by atoms with Crippen LogP contribution in [-0.4, -0.2) is 9.55 Å². The minimum absolute atomic E-state index is 0.359. The number of rotatable bonds is 5. The van der Waals surface area contributed by atoms with Gasteiger partial charge in [0.1, 0.15) is 12.4 Å². The Bertz CT molecular complexity index is 763. The molecule has 4 nitrogen and oxygen atoms in total. The summed E-state index contributed by atoms with van der Waals surface area (Å²) in [5, 5.41) is 1.22. The molecule has 0 saturated carbocycles. The SMILES string of the molecule is CC(C)n1c(COc2cccnc2)cc2ccc(CN)cc21. The van der Waals surface area contributed by atoms with Crippen LogP contribution in [0.15, 0.2) is 48.8 Å². The van der Waals surface area contributed by atoms with Crippen LogP contribution >= 0.6 is 0 Å². The molecule has 22 heavy (non-hydrogen) atoms. The number of nitrogens with two attached hydrogens (primary N) is 1. The molecule has 0 atom stereocenters. The maximum atomic E-state index is 5.86. The van der Waals surface area contributed by atoms with Gasteiger partial charge in [-0.05, 0) is 43.7 Å².